The summed E-state index contributed by atoms with van der Waals surface area (Å²) >= 11 is 0. The molecule has 2 aromatic carbocycles. The van der Waals surface area contributed by atoms with Gasteiger partial charge < -0.3 is 15.7 Å². The van der Waals surface area contributed by atoms with Crippen LogP contribution in [0.2, 0.25) is 0 Å². The largest absolute Gasteiger partial charge is 0.508 e. The smallest absolute Gasteiger partial charge is 0.264 e. The van der Waals surface area contributed by atoms with Gasteiger partial charge in [0.15, 0.2) is 0 Å². The van der Waals surface area contributed by atoms with Gasteiger partial charge in [0, 0.05) is 5.69 Å². The molecular weight excluding hydrogens is 364 g/mol. The molecule has 0 aromatic heterocycles. The molecule has 5 nitrogen and oxygen atoms in total. The molecule has 3 rings (SSSR count). The van der Waals surface area contributed by atoms with Crippen LogP contribution < -0.4 is 10.6 Å². The SMILES string of the molecule is CC(C)c1ccc(C2(C)NC(=O)C(C(=O)Nc3ccccc3C(C)C)=C2O)cc1. The summed E-state index contributed by atoms with van der Waals surface area (Å²) in [5, 5.41) is 16.4. The molecule has 0 fully saturated rings. The van der Waals surface area contributed by atoms with Gasteiger partial charge in [-0.2, -0.15) is 0 Å². The van der Waals surface area contributed by atoms with E-state index >= 15 is 0 Å². The van der Waals surface area contributed by atoms with Crippen molar-refractivity contribution in [2.75, 3.05) is 5.32 Å². The fourth-order valence-electron chi connectivity index (χ4n) is 3.63. The van der Waals surface area contributed by atoms with Crippen LogP contribution in [0.5, 0.6) is 0 Å². The third kappa shape index (κ3) is 3.77. The number of hydrogen-bond donors (Lipinski definition) is 3. The third-order valence-electron chi connectivity index (χ3n) is 5.51. The molecule has 5 heteroatoms. The van der Waals surface area contributed by atoms with Crippen LogP contribution in [0.1, 0.15) is 63.1 Å². The monoisotopic (exact) mass is 392 g/mol. The number of carbonyl (C=O) groups excluding carboxylic acids is 2. The van der Waals surface area contributed by atoms with Crippen molar-refractivity contribution < 1.29 is 14.7 Å². The zero-order chi connectivity index (χ0) is 21.3. The van der Waals surface area contributed by atoms with Crippen molar-refractivity contribution in [2.24, 2.45) is 0 Å². The molecule has 0 bridgehead atoms. The highest BCUT2D eigenvalue weighted by atomic mass is 16.3. The second-order valence-electron chi connectivity index (χ2n) is 8.28. The van der Waals surface area contributed by atoms with Crippen LogP contribution in [-0.2, 0) is 15.1 Å². The van der Waals surface area contributed by atoms with Crippen molar-refractivity contribution in [1.82, 2.24) is 5.32 Å². The van der Waals surface area contributed by atoms with Crippen LogP contribution in [0.4, 0.5) is 5.69 Å². The first kappa shape index (κ1) is 20.6. The highest BCUT2D eigenvalue weighted by molar-refractivity contribution is 6.25. The first-order valence-corrected chi connectivity index (χ1v) is 9.92. The van der Waals surface area contributed by atoms with E-state index in [1.54, 1.807) is 13.0 Å². The van der Waals surface area contributed by atoms with E-state index in [0.717, 1.165) is 16.7 Å². The average Bonchev–Trinajstić information content (AvgIpc) is 2.91. The summed E-state index contributed by atoms with van der Waals surface area (Å²) in [6.07, 6.45) is 0. The molecule has 0 aliphatic carbocycles. The van der Waals surface area contributed by atoms with Crippen molar-refractivity contribution in [3.8, 4) is 0 Å². The van der Waals surface area contributed by atoms with Crippen molar-refractivity contribution in [3.63, 3.8) is 0 Å². The first-order chi connectivity index (χ1) is 13.6. The standard InChI is InChI=1S/C24H28N2O3/c1-14(2)16-10-12-17(13-11-16)24(5)21(27)20(23(29)26-24)22(28)25-19-9-7-6-8-18(19)15(3)4/h6-15,27H,1-5H3,(H,25,28)(H,26,29). The minimum atomic E-state index is -1.14. The number of aliphatic hydroxyl groups excluding tert-OH is 1. The Hall–Kier alpha value is -3.08. The fourth-order valence-corrected chi connectivity index (χ4v) is 3.63. The van der Waals surface area contributed by atoms with Gasteiger partial charge in [0.1, 0.15) is 16.9 Å². The predicted molar refractivity (Wildman–Crippen MR) is 115 cm³/mol. The summed E-state index contributed by atoms with van der Waals surface area (Å²) in [6.45, 7) is 9.96. The van der Waals surface area contributed by atoms with Crippen LogP contribution in [0, 0.1) is 0 Å². The Bertz CT molecular complexity index is 974. The molecule has 1 heterocycles. The van der Waals surface area contributed by atoms with E-state index in [9.17, 15) is 14.7 Å². The van der Waals surface area contributed by atoms with Crippen molar-refractivity contribution in [3.05, 3.63) is 76.6 Å². The molecule has 29 heavy (non-hydrogen) atoms. The third-order valence-corrected chi connectivity index (χ3v) is 5.51. The zero-order valence-electron chi connectivity index (χ0n) is 17.5. The molecule has 0 radical (unpaired) electrons. The summed E-state index contributed by atoms with van der Waals surface area (Å²) in [5.74, 6) is -0.884. The average molecular weight is 392 g/mol. The quantitative estimate of drug-likeness (QED) is 0.644. The topological polar surface area (TPSA) is 78.4 Å². The van der Waals surface area contributed by atoms with Gasteiger partial charge in [-0.05, 0) is 41.5 Å². The molecule has 1 atom stereocenters. The zero-order valence-corrected chi connectivity index (χ0v) is 17.5. The lowest BCUT2D eigenvalue weighted by Gasteiger charge is -2.25. The minimum Gasteiger partial charge on any atom is -0.508 e. The Morgan fingerprint density at radius 1 is 1.00 bits per heavy atom. The number of amides is 2. The van der Waals surface area contributed by atoms with E-state index in [4.69, 9.17) is 0 Å². The lowest BCUT2D eigenvalue weighted by Crippen LogP contribution is -2.39. The molecule has 0 spiro atoms. The molecule has 2 amide bonds. The van der Waals surface area contributed by atoms with E-state index in [2.05, 4.69) is 24.5 Å². The number of aliphatic hydroxyl groups is 1. The van der Waals surface area contributed by atoms with E-state index in [1.165, 1.54) is 0 Å². The van der Waals surface area contributed by atoms with Gasteiger partial charge in [-0.25, -0.2) is 0 Å². The second-order valence-corrected chi connectivity index (χ2v) is 8.28. The van der Waals surface area contributed by atoms with E-state index in [-0.39, 0.29) is 17.3 Å². The van der Waals surface area contributed by atoms with Gasteiger partial charge in [0.25, 0.3) is 11.8 Å². The van der Waals surface area contributed by atoms with E-state index in [1.807, 2.05) is 56.3 Å². The maximum absolute atomic E-state index is 12.9. The van der Waals surface area contributed by atoms with Gasteiger partial charge in [0.2, 0.25) is 0 Å². The van der Waals surface area contributed by atoms with Crippen LogP contribution in [0.25, 0.3) is 0 Å². The van der Waals surface area contributed by atoms with Gasteiger partial charge >= 0.3 is 0 Å². The number of benzene rings is 2. The van der Waals surface area contributed by atoms with E-state index < -0.39 is 17.4 Å². The molecule has 3 N–H and O–H groups in total. The van der Waals surface area contributed by atoms with Gasteiger partial charge in [-0.15, -0.1) is 0 Å². The number of anilines is 1. The maximum Gasteiger partial charge on any atom is 0.264 e. The Labute approximate surface area is 171 Å². The Morgan fingerprint density at radius 2 is 1.62 bits per heavy atom. The lowest BCUT2D eigenvalue weighted by atomic mass is 9.89. The number of hydrogen-bond acceptors (Lipinski definition) is 3. The molecule has 2 aromatic rings. The lowest BCUT2D eigenvalue weighted by molar-refractivity contribution is -0.121. The van der Waals surface area contributed by atoms with Gasteiger partial charge in [-0.1, -0.05) is 70.2 Å². The Kier molecular flexibility index (Phi) is 5.51. The van der Waals surface area contributed by atoms with Gasteiger partial charge in [0.05, 0.1) is 0 Å². The van der Waals surface area contributed by atoms with Crippen molar-refractivity contribution >= 4 is 17.5 Å². The first-order valence-electron chi connectivity index (χ1n) is 9.92. The molecule has 0 saturated carbocycles. The summed E-state index contributed by atoms with van der Waals surface area (Å²) in [4.78, 5) is 25.5. The number of para-hydroxylation sites is 1. The van der Waals surface area contributed by atoms with E-state index in [0.29, 0.717) is 11.6 Å². The van der Waals surface area contributed by atoms with Crippen molar-refractivity contribution in [1.29, 1.82) is 0 Å². The summed E-state index contributed by atoms with van der Waals surface area (Å²) in [7, 11) is 0. The minimum absolute atomic E-state index is 0.205. The van der Waals surface area contributed by atoms with Crippen LogP contribution in [-0.4, -0.2) is 16.9 Å². The van der Waals surface area contributed by atoms with Gasteiger partial charge in [-0.3, -0.25) is 9.59 Å². The highest BCUT2D eigenvalue weighted by Gasteiger charge is 2.45. The second kappa shape index (κ2) is 7.74. The van der Waals surface area contributed by atoms with Crippen LogP contribution in [0.15, 0.2) is 59.9 Å². The fraction of sp³-hybridized carbons (Fsp3) is 0.333. The summed E-state index contributed by atoms with van der Waals surface area (Å²) < 4.78 is 0. The molecule has 1 aliphatic heterocycles. The van der Waals surface area contributed by atoms with Crippen LogP contribution >= 0.6 is 0 Å². The van der Waals surface area contributed by atoms with Crippen LogP contribution in [0.3, 0.4) is 0 Å². The number of carbonyl (C=O) groups is 2. The molecule has 0 saturated heterocycles. The number of nitrogens with one attached hydrogen (secondary N) is 2. The summed E-state index contributed by atoms with van der Waals surface area (Å²) in [6, 6.07) is 15.2. The summed E-state index contributed by atoms with van der Waals surface area (Å²) in [5.41, 5.74) is 2.09. The maximum atomic E-state index is 12.9. The molecule has 1 unspecified atom stereocenters. The molecule has 1 aliphatic rings. The predicted octanol–water partition coefficient (Wildman–Crippen LogP) is 4.73. The highest BCUT2D eigenvalue weighted by Crippen LogP contribution is 2.36. The Balaban J connectivity index is 1.94. The molecular formula is C24H28N2O3. The molecule has 152 valence electrons. The van der Waals surface area contributed by atoms with Crippen molar-refractivity contribution in [2.45, 2.75) is 52.0 Å². The normalized spacial score (nSPS) is 19.1. The number of rotatable bonds is 5. The Morgan fingerprint density at radius 3 is 2.21 bits per heavy atom.